The molecule has 0 fully saturated rings. The first-order valence-corrected chi connectivity index (χ1v) is 3.41. The Balaban J connectivity index is 0. The number of nitrogen functional groups attached to an aromatic ring is 1. The number of nitriles is 1. The zero-order chi connectivity index (χ0) is 8.69. The first kappa shape index (κ1) is 13.4. The third-order valence-corrected chi connectivity index (χ3v) is 1.25. The predicted octanol–water partition coefficient (Wildman–Crippen LogP) is 2.61. The Hall–Kier alpha value is -1.24. The van der Waals surface area contributed by atoms with Crippen LogP contribution in [-0.2, 0) is 0 Å². The van der Waals surface area contributed by atoms with Crippen molar-refractivity contribution in [2.24, 2.45) is 0 Å². The second kappa shape index (κ2) is 7.86. The highest BCUT2D eigenvalue weighted by atomic mass is 35.5. The fraction of sp³-hybridized carbons (Fsp3) is 0.125. The molecule has 0 aromatic heterocycles. The Morgan fingerprint density at radius 2 is 1.83 bits per heavy atom. The molecule has 0 amide bonds. The molecule has 0 bridgehead atoms. The predicted molar refractivity (Wildman–Crippen MR) is 52.2 cm³/mol. The molecule has 0 aliphatic carbocycles. The first-order valence-electron chi connectivity index (χ1n) is 3.03. The fourth-order valence-electron chi connectivity index (χ4n) is 0.475. The third-order valence-electron chi connectivity index (χ3n) is 0.905. The van der Waals surface area contributed by atoms with Crippen LogP contribution in [0, 0.1) is 11.3 Å². The Labute approximate surface area is 77.3 Å². The maximum atomic E-state index is 7.32. The Kier molecular flexibility index (Phi) is 8.75. The molecule has 0 saturated heterocycles. The molecule has 1 rings (SSSR count). The van der Waals surface area contributed by atoms with Gasteiger partial charge in [0.2, 0.25) is 0 Å². The van der Waals surface area contributed by atoms with Crippen LogP contribution in [0.4, 0.5) is 5.69 Å². The van der Waals surface area contributed by atoms with Gasteiger partial charge in [0, 0.05) is 6.92 Å². The lowest BCUT2D eigenvalue weighted by atomic mass is 10.3. The summed E-state index contributed by atoms with van der Waals surface area (Å²) < 4.78 is 0. The highest BCUT2D eigenvalue weighted by molar-refractivity contribution is 6.33. The lowest BCUT2D eigenvalue weighted by Crippen LogP contribution is -1.82. The summed E-state index contributed by atoms with van der Waals surface area (Å²) in [5, 5.41) is 7.94. The molecule has 0 radical (unpaired) electrons. The van der Waals surface area contributed by atoms with Crippen molar-refractivity contribution in [3.63, 3.8) is 0 Å². The summed E-state index contributed by atoms with van der Waals surface area (Å²) in [6.07, 6.45) is 0. The number of para-hydroxylation sites is 1. The van der Waals surface area contributed by atoms with E-state index in [1.165, 1.54) is 6.92 Å². The van der Waals surface area contributed by atoms with Gasteiger partial charge in [0.05, 0.1) is 16.8 Å². The van der Waals surface area contributed by atoms with Gasteiger partial charge in [-0.25, -0.2) is 0 Å². The smallest absolute Gasteiger partial charge is 0.0635 e. The van der Waals surface area contributed by atoms with Crippen LogP contribution in [0.3, 0.4) is 0 Å². The van der Waals surface area contributed by atoms with Gasteiger partial charge in [0.1, 0.15) is 0 Å². The summed E-state index contributed by atoms with van der Waals surface area (Å²) in [5.74, 6) is 0. The van der Waals surface area contributed by atoms with Crippen molar-refractivity contribution >= 4 is 17.3 Å². The molecule has 0 aliphatic rings. The van der Waals surface area contributed by atoms with E-state index in [0.717, 1.165) is 0 Å². The van der Waals surface area contributed by atoms with Crippen LogP contribution in [0.2, 0.25) is 5.02 Å². The van der Waals surface area contributed by atoms with Gasteiger partial charge in [-0.1, -0.05) is 23.7 Å². The summed E-state index contributed by atoms with van der Waals surface area (Å²) in [5.41, 5.74) is 6.02. The van der Waals surface area contributed by atoms with E-state index in [9.17, 15) is 0 Å². The molecule has 1 aromatic carbocycles. The van der Waals surface area contributed by atoms with Gasteiger partial charge >= 0.3 is 0 Å². The second-order valence-electron chi connectivity index (χ2n) is 1.75. The maximum Gasteiger partial charge on any atom is 0.0635 e. The second-order valence-corrected chi connectivity index (χ2v) is 2.15. The van der Waals surface area contributed by atoms with Gasteiger partial charge in [-0.15, -0.1) is 0 Å². The summed E-state index contributed by atoms with van der Waals surface area (Å²) >= 11 is 5.58. The lowest BCUT2D eigenvalue weighted by Gasteiger charge is -1.91. The molecular weight excluding hydrogens is 174 g/mol. The molecule has 0 atom stereocenters. The molecule has 3 nitrogen and oxygen atoms in total. The molecule has 1 aromatic rings. The van der Waals surface area contributed by atoms with Gasteiger partial charge in [0.15, 0.2) is 0 Å². The lowest BCUT2D eigenvalue weighted by molar-refractivity contribution is 1.49. The fourth-order valence-corrected chi connectivity index (χ4v) is 0.611. The molecular formula is C8H12ClN3. The highest BCUT2D eigenvalue weighted by Crippen LogP contribution is 2.15. The van der Waals surface area contributed by atoms with Gasteiger partial charge in [-0.2, -0.15) is 5.26 Å². The number of anilines is 1. The quantitative estimate of drug-likeness (QED) is 0.610. The van der Waals surface area contributed by atoms with E-state index in [2.05, 4.69) is 0 Å². The molecule has 0 aliphatic heterocycles. The van der Waals surface area contributed by atoms with Crippen LogP contribution < -0.4 is 11.9 Å². The maximum absolute atomic E-state index is 7.32. The van der Waals surface area contributed by atoms with Crippen molar-refractivity contribution in [3.05, 3.63) is 29.3 Å². The van der Waals surface area contributed by atoms with Crippen LogP contribution in [0.1, 0.15) is 6.92 Å². The van der Waals surface area contributed by atoms with Crippen molar-refractivity contribution in [2.45, 2.75) is 6.92 Å². The number of hydrogen-bond acceptors (Lipinski definition) is 3. The van der Waals surface area contributed by atoms with E-state index in [-0.39, 0.29) is 6.15 Å². The van der Waals surface area contributed by atoms with Crippen molar-refractivity contribution in [1.29, 1.82) is 5.26 Å². The monoisotopic (exact) mass is 185 g/mol. The molecule has 12 heavy (non-hydrogen) atoms. The average molecular weight is 186 g/mol. The molecule has 0 saturated carbocycles. The van der Waals surface area contributed by atoms with Crippen LogP contribution in [0.15, 0.2) is 24.3 Å². The molecule has 0 spiro atoms. The summed E-state index contributed by atoms with van der Waals surface area (Å²) in [7, 11) is 0. The van der Waals surface area contributed by atoms with Gasteiger partial charge in [-0.3, -0.25) is 0 Å². The molecule has 0 unspecified atom stereocenters. The minimum Gasteiger partial charge on any atom is -0.398 e. The number of nitrogens with two attached hydrogens (primary N) is 1. The largest absolute Gasteiger partial charge is 0.398 e. The van der Waals surface area contributed by atoms with E-state index >= 15 is 0 Å². The standard InChI is InChI=1S/C6H6ClN.C2H3N.H3N/c7-5-3-1-2-4-6(5)8;1-2-3;/h1-4H,8H2;1H3;1H3. The minimum atomic E-state index is 0. The molecule has 5 N–H and O–H groups in total. The van der Waals surface area contributed by atoms with Crippen LogP contribution in [-0.4, -0.2) is 0 Å². The molecule has 4 heteroatoms. The minimum absolute atomic E-state index is 0. The number of halogens is 1. The zero-order valence-electron chi connectivity index (χ0n) is 6.92. The summed E-state index contributed by atoms with van der Waals surface area (Å²) in [6.45, 7) is 1.43. The third kappa shape index (κ3) is 5.54. The topological polar surface area (TPSA) is 84.8 Å². The SMILES string of the molecule is CC#N.N.Nc1ccccc1Cl. The molecule has 0 heterocycles. The number of benzene rings is 1. The van der Waals surface area contributed by atoms with E-state index in [1.54, 1.807) is 18.2 Å². The normalized spacial score (nSPS) is 6.75. The zero-order valence-corrected chi connectivity index (χ0v) is 7.67. The van der Waals surface area contributed by atoms with Crippen molar-refractivity contribution in [3.8, 4) is 6.07 Å². The van der Waals surface area contributed by atoms with Gasteiger partial charge in [0.25, 0.3) is 0 Å². The van der Waals surface area contributed by atoms with Gasteiger partial charge < -0.3 is 11.9 Å². The van der Waals surface area contributed by atoms with E-state index < -0.39 is 0 Å². The summed E-state index contributed by atoms with van der Waals surface area (Å²) in [4.78, 5) is 0. The molecule has 66 valence electrons. The Bertz CT molecular complexity index is 234. The van der Waals surface area contributed by atoms with E-state index in [4.69, 9.17) is 22.6 Å². The number of nitrogens with zero attached hydrogens (tertiary/aromatic N) is 1. The van der Waals surface area contributed by atoms with Crippen LogP contribution in [0.25, 0.3) is 0 Å². The van der Waals surface area contributed by atoms with Gasteiger partial charge in [-0.05, 0) is 12.1 Å². The highest BCUT2D eigenvalue weighted by Gasteiger charge is 1.87. The van der Waals surface area contributed by atoms with Crippen LogP contribution in [0.5, 0.6) is 0 Å². The Morgan fingerprint density at radius 1 is 1.42 bits per heavy atom. The number of rotatable bonds is 0. The number of hydrogen-bond donors (Lipinski definition) is 2. The first-order chi connectivity index (χ1) is 5.22. The van der Waals surface area contributed by atoms with Crippen LogP contribution >= 0.6 is 11.6 Å². The van der Waals surface area contributed by atoms with Crippen molar-refractivity contribution in [1.82, 2.24) is 6.15 Å². The van der Waals surface area contributed by atoms with Crippen molar-refractivity contribution in [2.75, 3.05) is 5.73 Å². The van der Waals surface area contributed by atoms with Crippen molar-refractivity contribution < 1.29 is 0 Å². The Morgan fingerprint density at radius 3 is 2.08 bits per heavy atom. The van der Waals surface area contributed by atoms with E-state index in [1.807, 2.05) is 12.1 Å². The average Bonchev–Trinajstić information content (AvgIpc) is 1.97. The summed E-state index contributed by atoms with van der Waals surface area (Å²) in [6, 6.07) is 8.97. The van der Waals surface area contributed by atoms with E-state index in [0.29, 0.717) is 10.7 Å².